The normalized spacial score (nSPS) is 14.5. The van der Waals surface area contributed by atoms with Crippen molar-refractivity contribution in [3.63, 3.8) is 0 Å². The highest BCUT2D eigenvalue weighted by Crippen LogP contribution is 2.46. The Morgan fingerprint density at radius 3 is 2.65 bits per heavy atom. The number of nitriles is 1. The third-order valence-electron chi connectivity index (χ3n) is 5.31. The Balaban J connectivity index is 1.72. The zero-order chi connectivity index (χ0) is 24.2. The lowest BCUT2D eigenvalue weighted by atomic mass is 9.83. The summed E-state index contributed by atoms with van der Waals surface area (Å²) < 4.78 is 23.2. The molecule has 1 heterocycles. The van der Waals surface area contributed by atoms with E-state index in [-0.39, 0.29) is 17.2 Å². The summed E-state index contributed by atoms with van der Waals surface area (Å²) in [6, 6.07) is 19.5. The van der Waals surface area contributed by atoms with Gasteiger partial charge in [0.25, 0.3) is 0 Å². The highest BCUT2D eigenvalue weighted by molar-refractivity contribution is 9.10. The van der Waals surface area contributed by atoms with Crippen LogP contribution < -0.4 is 24.7 Å². The number of nitrogens with two attached hydrogens (primary N) is 1. The first-order chi connectivity index (χ1) is 16.5. The number of ether oxygens (including phenoxy) is 4. The van der Waals surface area contributed by atoms with Gasteiger partial charge in [-0.1, -0.05) is 34.1 Å². The van der Waals surface area contributed by atoms with Gasteiger partial charge in [-0.25, -0.2) is 4.79 Å². The fraction of sp³-hybridized carbons (Fsp3) is 0.154. The number of nitrogens with zero attached hydrogens (tertiary/aromatic N) is 1. The Bertz CT molecular complexity index is 1330. The number of benzene rings is 3. The standard InChI is InChI=1S/C26H21BrN2O5/c1-3-32-22-7-5-4-6-18(22)26(30)33-16-9-10-17-23(13-16)34-25(29)20(14-28)24(17)19-12-15(27)8-11-21(19)31-2/h4-13,24H,3,29H2,1-2H3. The summed E-state index contributed by atoms with van der Waals surface area (Å²) >= 11 is 3.48. The minimum absolute atomic E-state index is 0.0211. The number of hydrogen-bond donors (Lipinski definition) is 1. The van der Waals surface area contributed by atoms with Crippen LogP contribution in [0.5, 0.6) is 23.0 Å². The van der Waals surface area contributed by atoms with E-state index in [0.29, 0.717) is 35.0 Å². The molecule has 0 bridgehead atoms. The van der Waals surface area contributed by atoms with Gasteiger partial charge < -0.3 is 24.7 Å². The van der Waals surface area contributed by atoms with Crippen molar-refractivity contribution in [2.75, 3.05) is 13.7 Å². The zero-order valence-corrected chi connectivity index (χ0v) is 20.1. The molecular weight excluding hydrogens is 500 g/mol. The summed E-state index contributed by atoms with van der Waals surface area (Å²) in [6.45, 7) is 2.26. The van der Waals surface area contributed by atoms with Gasteiger partial charge in [0.05, 0.1) is 19.6 Å². The third-order valence-corrected chi connectivity index (χ3v) is 5.80. The molecule has 1 unspecified atom stereocenters. The van der Waals surface area contributed by atoms with Crippen LogP contribution in [0, 0.1) is 11.3 Å². The van der Waals surface area contributed by atoms with Crippen molar-refractivity contribution in [1.29, 1.82) is 5.26 Å². The van der Waals surface area contributed by atoms with E-state index in [1.807, 2.05) is 25.1 Å². The van der Waals surface area contributed by atoms with E-state index in [9.17, 15) is 10.1 Å². The lowest BCUT2D eigenvalue weighted by Gasteiger charge is -2.27. The summed E-state index contributed by atoms with van der Waals surface area (Å²) in [7, 11) is 1.56. The molecule has 3 aromatic rings. The van der Waals surface area contributed by atoms with E-state index in [2.05, 4.69) is 22.0 Å². The monoisotopic (exact) mass is 520 g/mol. The molecule has 4 rings (SSSR count). The van der Waals surface area contributed by atoms with Gasteiger partial charge in [0.2, 0.25) is 5.88 Å². The van der Waals surface area contributed by atoms with Crippen LogP contribution in [0.2, 0.25) is 0 Å². The largest absolute Gasteiger partial charge is 0.496 e. The van der Waals surface area contributed by atoms with E-state index in [1.165, 1.54) is 0 Å². The van der Waals surface area contributed by atoms with Crippen molar-refractivity contribution in [3.05, 3.63) is 93.3 Å². The van der Waals surface area contributed by atoms with Crippen LogP contribution in [-0.4, -0.2) is 19.7 Å². The molecule has 0 saturated carbocycles. The Hall–Kier alpha value is -3.96. The molecule has 3 aromatic carbocycles. The molecule has 0 amide bonds. The number of rotatable bonds is 6. The van der Waals surface area contributed by atoms with Crippen LogP contribution in [0.3, 0.4) is 0 Å². The van der Waals surface area contributed by atoms with Crippen molar-refractivity contribution >= 4 is 21.9 Å². The van der Waals surface area contributed by atoms with Crippen molar-refractivity contribution in [2.24, 2.45) is 5.73 Å². The SMILES string of the molecule is CCOc1ccccc1C(=O)Oc1ccc2c(c1)OC(N)=C(C#N)C2c1cc(Br)ccc1OC. The number of carbonyl (C=O) groups excluding carboxylic acids is 1. The number of fused-ring (bicyclic) bond motifs is 1. The number of esters is 1. The molecule has 0 saturated heterocycles. The van der Waals surface area contributed by atoms with Gasteiger partial charge in [-0.3, -0.25) is 0 Å². The minimum Gasteiger partial charge on any atom is -0.496 e. The molecule has 2 N–H and O–H groups in total. The van der Waals surface area contributed by atoms with Gasteiger partial charge in [0, 0.05) is 21.7 Å². The second-order valence-electron chi connectivity index (χ2n) is 7.33. The molecule has 8 heteroatoms. The average Bonchev–Trinajstić information content (AvgIpc) is 2.83. The summed E-state index contributed by atoms with van der Waals surface area (Å²) in [5.74, 6) is 0.583. The number of para-hydroxylation sites is 1. The maximum absolute atomic E-state index is 12.8. The van der Waals surface area contributed by atoms with Gasteiger partial charge in [0.15, 0.2) is 0 Å². The number of hydrogen-bond acceptors (Lipinski definition) is 7. The molecule has 34 heavy (non-hydrogen) atoms. The molecule has 0 aliphatic carbocycles. The lowest BCUT2D eigenvalue weighted by Crippen LogP contribution is -2.21. The average molecular weight is 521 g/mol. The van der Waals surface area contributed by atoms with E-state index in [4.69, 9.17) is 24.7 Å². The highest BCUT2D eigenvalue weighted by Gasteiger charge is 2.33. The number of halogens is 1. The van der Waals surface area contributed by atoms with Crippen molar-refractivity contribution in [1.82, 2.24) is 0 Å². The first-order valence-corrected chi connectivity index (χ1v) is 11.2. The topological polar surface area (TPSA) is 104 Å². The Morgan fingerprint density at radius 1 is 1.12 bits per heavy atom. The molecule has 0 fully saturated rings. The molecule has 172 valence electrons. The maximum atomic E-state index is 12.8. The molecule has 0 radical (unpaired) electrons. The molecular formula is C26H21BrN2O5. The van der Waals surface area contributed by atoms with Crippen molar-refractivity contribution in [2.45, 2.75) is 12.8 Å². The molecule has 0 spiro atoms. The summed E-state index contributed by atoms with van der Waals surface area (Å²) in [6.07, 6.45) is 0. The van der Waals surface area contributed by atoms with Gasteiger partial charge in [-0.05, 0) is 43.3 Å². The van der Waals surface area contributed by atoms with Crippen LogP contribution in [0.15, 0.2) is 76.6 Å². The van der Waals surface area contributed by atoms with Gasteiger partial charge >= 0.3 is 5.97 Å². The van der Waals surface area contributed by atoms with Crippen LogP contribution in [0.25, 0.3) is 0 Å². The molecule has 1 atom stereocenters. The lowest BCUT2D eigenvalue weighted by molar-refractivity contribution is 0.0730. The molecule has 1 aliphatic heterocycles. The summed E-state index contributed by atoms with van der Waals surface area (Å²) in [5.41, 5.74) is 8.13. The fourth-order valence-electron chi connectivity index (χ4n) is 3.83. The quantitative estimate of drug-likeness (QED) is 0.347. The van der Waals surface area contributed by atoms with Gasteiger partial charge in [-0.2, -0.15) is 5.26 Å². The smallest absolute Gasteiger partial charge is 0.347 e. The number of carbonyl (C=O) groups is 1. The second-order valence-corrected chi connectivity index (χ2v) is 8.25. The fourth-order valence-corrected chi connectivity index (χ4v) is 4.21. The minimum atomic E-state index is -0.564. The van der Waals surface area contributed by atoms with Gasteiger partial charge in [0.1, 0.15) is 40.2 Å². The first kappa shape index (κ1) is 23.2. The summed E-state index contributed by atoms with van der Waals surface area (Å²) in [4.78, 5) is 12.8. The van der Waals surface area contributed by atoms with Crippen molar-refractivity contribution in [3.8, 4) is 29.1 Å². The molecule has 0 aromatic heterocycles. The molecule has 7 nitrogen and oxygen atoms in total. The third kappa shape index (κ3) is 4.43. The van der Waals surface area contributed by atoms with Crippen LogP contribution in [0.1, 0.15) is 34.3 Å². The Kier molecular flexibility index (Phi) is 6.75. The van der Waals surface area contributed by atoms with Crippen LogP contribution in [-0.2, 0) is 0 Å². The number of allylic oxidation sites excluding steroid dienone is 1. The van der Waals surface area contributed by atoms with E-state index < -0.39 is 11.9 Å². The summed E-state index contributed by atoms with van der Waals surface area (Å²) in [5, 5.41) is 9.82. The van der Waals surface area contributed by atoms with E-state index in [1.54, 1.807) is 49.6 Å². The number of methoxy groups -OCH3 is 1. The van der Waals surface area contributed by atoms with Gasteiger partial charge in [-0.15, -0.1) is 0 Å². The maximum Gasteiger partial charge on any atom is 0.347 e. The second kappa shape index (κ2) is 9.89. The Morgan fingerprint density at radius 2 is 1.91 bits per heavy atom. The van der Waals surface area contributed by atoms with Crippen molar-refractivity contribution < 1.29 is 23.7 Å². The zero-order valence-electron chi connectivity index (χ0n) is 18.5. The van der Waals surface area contributed by atoms with E-state index in [0.717, 1.165) is 10.0 Å². The Labute approximate surface area is 205 Å². The van der Waals surface area contributed by atoms with Crippen LogP contribution in [0.4, 0.5) is 0 Å². The van der Waals surface area contributed by atoms with Crippen LogP contribution >= 0.6 is 15.9 Å². The predicted octanol–water partition coefficient (Wildman–Crippen LogP) is 5.29. The first-order valence-electron chi connectivity index (χ1n) is 10.5. The predicted molar refractivity (Wildman–Crippen MR) is 129 cm³/mol. The molecule has 1 aliphatic rings. The van der Waals surface area contributed by atoms with E-state index >= 15 is 0 Å². The highest BCUT2D eigenvalue weighted by atomic mass is 79.9.